The molecule has 100 valence electrons. The van der Waals surface area contributed by atoms with Gasteiger partial charge in [-0.05, 0) is 19.8 Å². The molecule has 1 fully saturated rings. The van der Waals surface area contributed by atoms with Crippen LogP contribution in [-0.4, -0.2) is 33.3 Å². The van der Waals surface area contributed by atoms with Crippen LogP contribution in [0.5, 0.6) is 0 Å². The average Bonchev–Trinajstić information content (AvgIpc) is 2.72. The zero-order valence-electron chi connectivity index (χ0n) is 10.5. The minimum absolute atomic E-state index is 0.0885. The Hall–Kier alpha value is -1.56. The first-order valence-electron chi connectivity index (χ1n) is 6.32. The van der Waals surface area contributed by atoms with Gasteiger partial charge in [0.2, 0.25) is 0 Å². The molecule has 18 heavy (non-hydrogen) atoms. The number of nitrogen functional groups attached to an aromatic ring is 1. The summed E-state index contributed by atoms with van der Waals surface area (Å²) < 4.78 is 6.57. The number of nitrogens with two attached hydrogens (primary N) is 1. The van der Waals surface area contributed by atoms with Crippen molar-refractivity contribution in [2.24, 2.45) is 0 Å². The molecule has 2 rings (SSSR count). The largest absolute Gasteiger partial charge is 0.461 e. The van der Waals surface area contributed by atoms with Crippen LogP contribution in [0.1, 0.15) is 49.1 Å². The minimum atomic E-state index is -0.515. The Balaban J connectivity index is 2.22. The zero-order valence-corrected chi connectivity index (χ0v) is 10.5. The quantitative estimate of drug-likeness (QED) is 0.788. The maximum absolute atomic E-state index is 11.6. The third-order valence-electron chi connectivity index (χ3n) is 3.35. The molecule has 6 nitrogen and oxygen atoms in total. The Bertz CT molecular complexity index is 430. The predicted molar refractivity (Wildman–Crippen MR) is 66.1 cm³/mol. The first-order chi connectivity index (χ1) is 8.65. The van der Waals surface area contributed by atoms with Gasteiger partial charge in [-0.2, -0.15) is 0 Å². The van der Waals surface area contributed by atoms with Crippen molar-refractivity contribution >= 4 is 11.8 Å². The van der Waals surface area contributed by atoms with Crippen molar-refractivity contribution < 1.29 is 14.6 Å². The number of nitrogens with zero attached hydrogens (tertiary/aromatic N) is 2. The van der Waals surface area contributed by atoms with E-state index in [4.69, 9.17) is 10.5 Å². The first-order valence-corrected chi connectivity index (χ1v) is 6.32. The van der Waals surface area contributed by atoms with Crippen LogP contribution in [0.15, 0.2) is 6.33 Å². The summed E-state index contributed by atoms with van der Waals surface area (Å²) in [7, 11) is 0. The van der Waals surface area contributed by atoms with Crippen LogP contribution in [0.3, 0.4) is 0 Å². The van der Waals surface area contributed by atoms with Gasteiger partial charge in [0.1, 0.15) is 5.82 Å². The van der Waals surface area contributed by atoms with Crippen molar-refractivity contribution in [3.8, 4) is 0 Å². The molecule has 0 aromatic carbocycles. The molecule has 1 aromatic heterocycles. The highest BCUT2D eigenvalue weighted by molar-refractivity contribution is 5.92. The third-order valence-corrected chi connectivity index (χ3v) is 3.35. The van der Waals surface area contributed by atoms with Crippen LogP contribution in [0.2, 0.25) is 0 Å². The van der Waals surface area contributed by atoms with Gasteiger partial charge in [0.25, 0.3) is 0 Å². The summed E-state index contributed by atoms with van der Waals surface area (Å²) in [4.78, 5) is 15.6. The normalized spacial score (nSPS) is 23.9. The number of rotatable bonds is 3. The van der Waals surface area contributed by atoms with Crippen LogP contribution in [0, 0.1) is 0 Å². The zero-order chi connectivity index (χ0) is 13.1. The molecule has 0 saturated heterocycles. The summed E-state index contributed by atoms with van der Waals surface area (Å²) in [6, 6.07) is -0.0885. The van der Waals surface area contributed by atoms with E-state index in [1.165, 1.54) is 6.33 Å². The van der Waals surface area contributed by atoms with Gasteiger partial charge in [-0.25, -0.2) is 9.78 Å². The number of aromatic nitrogens is 2. The number of carbonyl (C=O) groups excluding carboxylic acids is 1. The molecule has 1 saturated carbocycles. The van der Waals surface area contributed by atoms with Crippen molar-refractivity contribution in [3.63, 3.8) is 0 Å². The summed E-state index contributed by atoms with van der Waals surface area (Å²) in [6.45, 7) is 2.02. The summed E-state index contributed by atoms with van der Waals surface area (Å²) in [6.07, 6.45) is 4.78. The van der Waals surface area contributed by atoms with E-state index in [0.717, 1.165) is 25.7 Å². The Morgan fingerprint density at radius 1 is 1.61 bits per heavy atom. The molecule has 1 aliphatic rings. The van der Waals surface area contributed by atoms with Crippen LogP contribution in [0.4, 0.5) is 5.82 Å². The lowest BCUT2D eigenvalue weighted by Gasteiger charge is -2.29. The number of aliphatic hydroxyl groups is 1. The molecule has 6 heteroatoms. The molecule has 1 heterocycles. The van der Waals surface area contributed by atoms with E-state index >= 15 is 0 Å². The Morgan fingerprint density at radius 2 is 2.33 bits per heavy atom. The number of anilines is 1. The van der Waals surface area contributed by atoms with Crippen molar-refractivity contribution in [2.45, 2.75) is 44.8 Å². The molecule has 2 unspecified atom stereocenters. The fourth-order valence-corrected chi connectivity index (χ4v) is 2.41. The number of ether oxygens (including phenoxy) is 1. The summed E-state index contributed by atoms with van der Waals surface area (Å²) in [5.74, 6) is -0.238. The molecule has 1 aliphatic carbocycles. The van der Waals surface area contributed by atoms with Gasteiger partial charge in [-0.3, -0.25) is 0 Å². The second-order valence-corrected chi connectivity index (χ2v) is 4.53. The molecule has 1 aromatic rings. The Morgan fingerprint density at radius 3 is 3.00 bits per heavy atom. The van der Waals surface area contributed by atoms with E-state index in [1.54, 1.807) is 11.5 Å². The van der Waals surface area contributed by atoms with Gasteiger partial charge >= 0.3 is 5.97 Å². The fourth-order valence-electron chi connectivity index (χ4n) is 2.41. The monoisotopic (exact) mass is 253 g/mol. The lowest BCUT2D eigenvalue weighted by molar-refractivity contribution is 0.0520. The van der Waals surface area contributed by atoms with E-state index < -0.39 is 12.1 Å². The lowest BCUT2D eigenvalue weighted by atomic mass is 9.92. The highest BCUT2D eigenvalue weighted by Gasteiger charge is 2.28. The topological polar surface area (TPSA) is 90.4 Å². The van der Waals surface area contributed by atoms with Gasteiger partial charge in [-0.15, -0.1) is 0 Å². The molecular formula is C12H19N3O3. The van der Waals surface area contributed by atoms with Gasteiger partial charge in [-0.1, -0.05) is 12.8 Å². The standard InChI is InChI=1S/C12H19N3O3/c1-2-18-12(17)10-11(13)15(7-14-10)8-5-3-4-6-9(8)16/h7-9,16H,2-6,13H2,1H3. The highest BCUT2D eigenvalue weighted by Crippen LogP contribution is 2.31. The lowest BCUT2D eigenvalue weighted by Crippen LogP contribution is -2.28. The van der Waals surface area contributed by atoms with Gasteiger partial charge in [0, 0.05) is 0 Å². The number of hydrogen-bond acceptors (Lipinski definition) is 5. The van der Waals surface area contributed by atoms with Crippen molar-refractivity contribution in [1.82, 2.24) is 9.55 Å². The summed E-state index contributed by atoms with van der Waals surface area (Å²) in [5, 5.41) is 9.98. The van der Waals surface area contributed by atoms with E-state index in [9.17, 15) is 9.90 Å². The van der Waals surface area contributed by atoms with Crippen molar-refractivity contribution in [1.29, 1.82) is 0 Å². The molecule has 0 spiro atoms. The van der Waals surface area contributed by atoms with E-state index in [0.29, 0.717) is 0 Å². The van der Waals surface area contributed by atoms with Gasteiger partial charge in [0.15, 0.2) is 5.69 Å². The molecular weight excluding hydrogens is 234 g/mol. The minimum Gasteiger partial charge on any atom is -0.461 e. The fraction of sp³-hybridized carbons (Fsp3) is 0.667. The number of esters is 1. The second kappa shape index (κ2) is 5.39. The average molecular weight is 253 g/mol. The number of aliphatic hydroxyl groups excluding tert-OH is 1. The summed E-state index contributed by atoms with van der Waals surface area (Å²) >= 11 is 0. The highest BCUT2D eigenvalue weighted by atomic mass is 16.5. The summed E-state index contributed by atoms with van der Waals surface area (Å²) in [5.41, 5.74) is 6.05. The van der Waals surface area contributed by atoms with Crippen molar-refractivity contribution in [3.05, 3.63) is 12.0 Å². The molecule has 0 bridgehead atoms. The number of imidazole rings is 1. The number of carbonyl (C=O) groups is 1. The maximum atomic E-state index is 11.6. The van der Waals surface area contributed by atoms with Crippen LogP contribution in [-0.2, 0) is 4.74 Å². The molecule has 0 aliphatic heterocycles. The Labute approximate surface area is 106 Å². The third kappa shape index (κ3) is 2.33. The molecule has 0 amide bonds. The van der Waals surface area contributed by atoms with Gasteiger partial charge in [0.05, 0.1) is 25.1 Å². The van der Waals surface area contributed by atoms with E-state index in [2.05, 4.69) is 4.98 Å². The van der Waals surface area contributed by atoms with Crippen LogP contribution >= 0.6 is 0 Å². The van der Waals surface area contributed by atoms with Gasteiger partial charge < -0.3 is 20.1 Å². The van der Waals surface area contributed by atoms with Crippen molar-refractivity contribution in [2.75, 3.05) is 12.3 Å². The van der Waals surface area contributed by atoms with Crippen LogP contribution < -0.4 is 5.73 Å². The smallest absolute Gasteiger partial charge is 0.360 e. The number of hydrogen-bond donors (Lipinski definition) is 2. The van der Waals surface area contributed by atoms with Crippen LogP contribution in [0.25, 0.3) is 0 Å². The second-order valence-electron chi connectivity index (χ2n) is 4.53. The van der Waals surface area contributed by atoms with E-state index in [1.807, 2.05) is 0 Å². The Kier molecular flexibility index (Phi) is 3.86. The maximum Gasteiger partial charge on any atom is 0.360 e. The SMILES string of the molecule is CCOC(=O)c1ncn(C2CCCCC2O)c1N. The predicted octanol–water partition coefficient (Wildman–Crippen LogP) is 1.12. The molecule has 0 radical (unpaired) electrons. The first kappa shape index (κ1) is 12.9. The van der Waals surface area contributed by atoms with E-state index in [-0.39, 0.29) is 24.2 Å². The molecule has 3 N–H and O–H groups in total. The molecule has 2 atom stereocenters.